The summed E-state index contributed by atoms with van der Waals surface area (Å²) >= 11 is 3.17. The molecule has 6 nitrogen and oxygen atoms in total. The van der Waals surface area contributed by atoms with Crippen molar-refractivity contribution in [2.75, 3.05) is 20.6 Å². The van der Waals surface area contributed by atoms with E-state index in [0.29, 0.717) is 16.8 Å². The van der Waals surface area contributed by atoms with E-state index in [1.807, 2.05) is 11.9 Å². The van der Waals surface area contributed by atoms with E-state index in [-0.39, 0.29) is 30.2 Å². The number of nitrogens with one attached hydrogen (secondary N) is 1. The molecule has 1 aromatic rings. The maximum Gasteiger partial charge on any atom is 0.289 e. The molecule has 0 saturated carbocycles. The number of rotatable bonds is 4. The Morgan fingerprint density at radius 2 is 1.91 bits per heavy atom. The highest BCUT2D eigenvalue weighted by Gasteiger charge is 2.36. The molecular formula is C16H22BrN3O3. The van der Waals surface area contributed by atoms with Crippen molar-refractivity contribution in [3.05, 3.63) is 22.6 Å². The Morgan fingerprint density at radius 1 is 1.26 bits per heavy atom. The fourth-order valence-corrected chi connectivity index (χ4v) is 3.86. The zero-order valence-electron chi connectivity index (χ0n) is 13.4. The van der Waals surface area contributed by atoms with E-state index in [9.17, 15) is 9.59 Å². The average Bonchev–Trinajstić information content (AvgIpc) is 3.10. The number of furan rings is 1. The fourth-order valence-electron chi connectivity index (χ4n) is 3.55. The third-order valence-electron chi connectivity index (χ3n) is 4.89. The lowest BCUT2D eigenvalue weighted by Gasteiger charge is -2.36. The third-order valence-corrected chi connectivity index (χ3v) is 5.32. The highest BCUT2D eigenvalue weighted by atomic mass is 79.9. The van der Waals surface area contributed by atoms with Gasteiger partial charge in [0.15, 0.2) is 10.4 Å². The summed E-state index contributed by atoms with van der Waals surface area (Å²) in [4.78, 5) is 28.0. The molecule has 0 aliphatic carbocycles. The molecule has 23 heavy (non-hydrogen) atoms. The average molecular weight is 384 g/mol. The van der Waals surface area contributed by atoms with Crippen LogP contribution in [0.4, 0.5) is 0 Å². The van der Waals surface area contributed by atoms with Gasteiger partial charge in [-0.3, -0.25) is 9.59 Å². The molecule has 2 aliphatic rings. The van der Waals surface area contributed by atoms with Crippen LogP contribution in [-0.2, 0) is 4.79 Å². The minimum absolute atomic E-state index is 0.0298. The van der Waals surface area contributed by atoms with Crippen LogP contribution in [0.2, 0.25) is 0 Å². The number of likely N-dealkylation sites (N-methyl/N-ethyl adjacent to an activating group) is 2. The number of carbonyl (C=O) groups excluding carboxylic acids is 2. The third kappa shape index (κ3) is 3.61. The van der Waals surface area contributed by atoms with E-state index in [1.165, 1.54) is 17.7 Å². The molecule has 2 aliphatic heterocycles. The first-order valence-electron chi connectivity index (χ1n) is 7.96. The molecule has 0 radical (unpaired) electrons. The molecule has 2 fully saturated rings. The van der Waals surface area contributed by atoms with Crippen LogP contribution in [0.1, 0.15) is 36.2 Å². The van der Waals surface area contributed by atoms with E-state index in [2.05, 4.69) is 21.2 Å². The molecular weight excluding hydrogens is 362 g/mol. The highest BCUT2D eigenvalue weighted by Crippen LogP contribution is 2.29. The van der Waals surface area contributed by atoms with E-state index in [4.69, 9.17) is 4.42 Å². The first-order chi connectivity index (χ1) is 10.9. The van der Waals surface area contributed by atoms with E-state index >= 15 is 0 Å². The minimum Gasteiger partial charge on any atom is -0.444 e. The van der Waals surface area contributed by atoms with Gasteiger partial charge in [0, 0.05) is 32.2 Å². The van der Waals surface area contributed by atoms with Crippen LogP contribution >= 0.6 is 15.9 Å². The van der Waals surface area contributed by atoms with Crippen molar-refractivity contribution >= 4 is 27.7 Å². The van der Waals surface area contributed by atoms with Crippen molar-refractivity contribution in [3.63, 3.8) is 0 Å². The predicted octanol–water partition coefficient (Wildman–Crippen LogP) is 1.86. The van der Waals surface area contributed by atoms with Crippen molar-refractivity contribution in [1.29, 1.82) is 0 Å². The summed E-state index contributed by atoms with van der Waals surface area (Å²) < 4.78 is 5.76. The highest BCUT2D eigenvalue weighted by molar-refractivity contribution is 9.10. The number of carbonyl (C=O) groups is 2. The molecule has 2 bridgehead atoms. The molecule has 1 N–H and O–H groups in total. The van der Waals surface area contributed by atoms with Crippen molar-refractivity contribution in [2.45, 2.75) is 43.8 Å². The zero-order chi connectivity index (χ0) is 16.6. The van der Waals surface area contributed by atoms with Crippen molar-refractivity contribution in [3.8, 4) is 0 Å². The van der Waals surface area contributed by atoms with Crippen LogP contribution in [0.25, 0.3) is 0 Å². The Morgan fingerprint density at radius 3 is 2.48 bits per heavy atom. The van der Waals surface area contributed by atoms with Gasteiger partial charge in [0.2, 0.25) is 5.91 Å². The van der Waals surface area contributed by atoms with E-state index < -0.39 is 0 Å². The molecule has 0 aromatic carbocycles. The topological polar surface area (TPSA) is 65.8 Å². The molecule has 0 spiro atoms. The minimum atomic E-state index is -0.289. The van der Waals surface area contributed by atoms with Gasteiger partial charge in [-0.05, 0) is 53.7 Å². The molecule has 2 atom stereocenters. The predicted molar refractivity (Wildman–Crippen MR) is 89.1 cm³/mol. The molecule has 7 heteroatoms. The van der Waals surface area contributed by atoms with Gasteiger partial charge in [-0.1, -0.05) is 0 Å². The summed E-state index contributed by atoms with van der Waals surface area (Å²) in [6, 6.07) is 4.60. The van der Waals surface area contributed by atoms with Gasteiger partial charge in [0.25, 0.3) is 5.91 Å². The first kappa shape index (κ1) is 16.5. The summed E-state index contributed by atoms with van der Waals surface area (Å²) in [7, 11) is 3.47. The lowest BCUT2D eigenvalue weighted by molar-refractivity contribution is -0.133. The molecule has 2 unspecified atom stereocenters. The number of piperidine rings is 1. The molecule has 126 valence electrons. The van der Waals surface area contributed by atoms with Crippen molar-refractivity contribution < 1.29 is 14.0 Å². The van der Waals surface area contributed by atoms with Gasteiger partial charge < -0.3 is 19.5 Å². The summed E-state index contributed by atoms with van der Waals surface area (Å²) in [6.45, 7) is 0.0624. The second-order valence-corrected chi connectivity index (χ2v) is 7.31. The van der Waals surface area contributed by atoms with Crippen LogP contribution in [0, 0.1) is 0 Å². The number of nitrogens with zero attached hydrogens (tertiary/aromatic N) is 2. The Kier molecular flexibility index (Phi) is 4.77. The Hall–Kier alpha value is -1.34. The van der Waals surface area contributed by atoms with Gasteiger partial charge in [-0.2, -0.15) is 0 Å². The molecule has 3 heterocycles. The van der Waals surface area contributed by atoms with Crippen LogP contribution < -0.4 is 5.32 Å². The molecule has 2 amide bonds. The number of hydrogen-bond donors (Lipinski definition) is 1. The SMILES string of the molecule is CN(CC(=O)N(C)C1CC2CCC(C1)N2)C(=O)c1ccc(Br)o1. The second-order valence-electron chi connectivity index (χ2n) is 6.53. The normalized spacial score (nSPS) is 26.1. The van der Waals surface area contributed by atoms with Gasteiger partial charge >= 0.3 is 0 Å². The summed E-state index contributed by atoms with van der Waals surface area (Å²) in [5.74, 6) is -0.0876. The van der Waals surface area contributed by atoms with Gasteiger partial charge in [0.1, 0.15) is 0 Å². The quantitative estimate of drug-likeness (QED) is 0.861. The van der Waals surface area contributed by atoms with Crippen molar-refractivity contribution in [2.24, 2.45) is 0 Å². The fraction of sp³-hybridized carbons (Fsp3) is 0.625. The standard InChI is InChI=1S/C16H22BrN3O3/c1-19(16(22)13-5-6-14(17)23-13)9-15(21)20(2)12-7-10-3-4-11(8-12)18-10/h5-6,10-12,18H,3-4,7-9H2,1-2H3. The van der Waals surface area contributed by atoms with Gasteiger partial charge in [-0.25, -0.2) is 0 Å². The van der Waals surface area contributed by atoms with E-state index in [1.54, 1.807) is 19.2 Å². The molecule has 2 saturated heterocycles. The maximum absolute atomic E-state index is 12.5. The lowest BCUT2D eigenvalue weighted by Crippen LogP contribution is -2.50. The first-order valence-corrected chi connectivity index (χ1v) is 8.76. The van der Waals surface area contributed by atoms with Crippen LogP contribution in [0.3, 0.4) is 0 Å². The number of halogens is 1. The number of hydrogen-bond acceptors (Lipinski definition) is 4. The Bertz CT molecular complexity index is 591. The Balaban J connectivity index is 1.56. The Labute approximate surface area is 144 Å². The summed E-state index contributed by atoms with van der Waals surface area (Å²) in [5.41, 5.74) is 0. The van der Waals surface area contributed by atoms with Crippen LogP contribution in [0.5, 0.6) is 0 Å². The largest absolute Gasteiger partial charge is 0.444 e. The lowest BCUT2D eigenvalue weighted by atomic mass is 9.98. The van der Waals surface area contributed by atoms with Crippen LogP contribution in [0.15, 0.2) is 21.2 Å². The van der Waals surface area contributed by atoms with Crippen molar-refractivity contribution in [1.82, 2.24) is 15.1 Å². The summed E-state index contributed by atoms with van der Waals surface area (Å²) in [5, 5.41) is 3.58. The monoisotopic (exact) mass is 383 g/mol. The number of fused-ring (bicyclic) bond motifs is 2. The van der Waals surface area contributed by atoms with E-state index in [0.717, 1.165) is 12.8 Å². The van der Waals surface area contributed by atoms with Gasteiger partial charge in [-0.15, -0.1) is 0 Å². The second kappa shape index (κ2) is 6.65. The maximum atomic E-state index is 12.5. The molecule has 3 rings (SSSR count). The smallest absolute Gasteiger partial charge is 0.289 e. The van der Waals surface area contributed by atoms with Gasteiger partial charge in [0.05, 0.1) is 6.54 Å². The molecule has 1 aromatic heterocycles. The zero-order valence-corrected chi connectivity index (χ0v) is 15.0. The van der Waals surface area contributed by atoms with Crippen LogP contribution in [-0.4, -0.2) is 60.4 Å². The number of amides is 2. The summed E-state index contributed by atoms with van der Waals surface area (Å²) in [6.07, 6.45) is 4.41.